The first-order valence-electron chi connectivity index (χ1n) is 6.78. The fourth-order valence-corrected chi connectivity index (χ4v) is 1.99. The third kappa shape index (κ3) is 6.96. The van der Waals surface area contributed by atoms with Gasteiger partial charge in [-0.2, -0.15) is 0 Å². The molecule has 0 aromatic rings. The number of primary amides is 1. The molecule has 0 aliphatic rings. The van der Waals surface area contributed by atoms with Crippen LogP contribution in [-0.4, -0.2) is 28.7 Å². The van der Waals surface area contributed by atoms with Crippen LogP contribution in [0.15, 0.2) is 12.2 Å². The fraction of sp³-hybridized carbons (Fsp3) is 0.714. The van der Waals surface area contributed by atoms with Gasteiger partial charge < -0.3 is 15.9 Å². The van der Waals surface area contributed by atoms with Crippen molar-refractivity contribution in [3.05, 3.63) is 12.2 Å². The van der Waals surface area contributed by atoms with Crippen molar-refractivity contribution in [1.82, 2.24) is 0 Å². The van der Waals surface area contributed by atoms with Gasteiger partial charge in [0.2, 0.25) is 5.91 Å². The highest BCUT2D eigenvalue weighted by molar-refractivity contribution is 5.87. The molecular formula is C14H25NO4. The SMILES string of the molecule is CCCCCCC=CC(CCO)(CC(=O)O)C(N)=O. The van der Waals surface area contributed by atoms with Crippen LogP contribution in [0.4, 0.5) is 0 Å². The highest BCUT2D eigenvalue weighted by Crippen LogP contribution is 2.28. The molecule has 0 fully saturated rings. The molecule has 0 saturated carbocycles. The van der Waals surface area contributed by atoms with Crippen LogP contribution in [-0.2, 0) is 9.59 Å². The first-order valence-corrected chi connectivity index (χ1v) is 6.78. The Bertz CT molecular complexity index is 315. The normalized spacial score (nSPS) is 14.4. The predicted octanol–water partition coefficient (Wildman–Crippen LogP) is 1.84. The van der Waals surface area contributed by atoms with Gasteiger partial charge in [0, 0.05) is 6.61 Å². The summed E-state index contributed by atoms with van der Waals surface area (Å²) in [6, 6.07) is 0. The maximum atomic E-state index is 11.5. The van der Waals surface area contributed by atoms with Gasteiger partial charge in [-0.3, -0.25) is 9.59 Å². The minimum absolute atomic E-state index is 0.0418. The van der Waals surface area contributed by atoms with E-state index in [-0.39, 0.29) is 19.4 Å². The molecule has 1 atom stereocenters. The lowest BCUT2D eigenvalue weighted by molar-refractivity contribution is -0.143. The van der Waals surface area contributed by atoms with Crippen molar-refractivity contribution >= 4 is 11.9 Å². The van der Waals surface area contributed by atoms with Crippen molar-refractivity contribution in [2.24, 2.45) is 11.1 Å². The lowest BCUT2D eigenvalue weighted by Gasteiger charge is -2.24. The first-order chi connectivity index (χ1) is 8.98. The summed E-state index contributed by atoms with van der Waals surface area (Å²) >= 11 is 0. The number of hydrogen-bond donors (Lipinski definition) is 3. The van der Waals surface area contributed by atoms with Crippen molar-refractivity contribution < 1.29 is 19.8 Å². The molecule has 5 heteroatoms. The smallest absolute Gasteiger partial charge is 0.304 e. The Morgan fingerprint density at radius 1 is 1.26 bits per heavy atom. The lowest BCUT2D eigenvalue weighted by Crippen LogP contribution is -2.38. The monoisotopic (exact) mass is 271 g/mol. The van der Waals surface area contributed by atoms with Crippen molar-refractivity contribution in [2.45, 2.75) is 51.9 Å². The molecule has 0 bridgehead atoms. The van der Waals surface area contributed by atoms with Gasteiger partial charge in [0.05, 0.1) is 11.8 Å². The molecule has 110 valence electrons. The predicted molar refractivity (Wildman–Crippen MR) is 73.5 cm³/mol. The highest BCUT2D eigenvalue weighted by Gasteiger charge is 2.35. The summed E-state index contributed by atoms with van der Waals surface area (Å²) in [7, 11) is 0. The Morgan fingerprint density at radius 2 is 1.95 bits per heavy atom. The third-order valence-electron chi connectivity index (χ3n) is 3.18. The van der Waals surface area contributed by atoms with Gasteiger partial charge in [-0.15, -0.1) is 0 Å². The maximum absolute atomic E-state index is 11.5. The van der Waals surface area contributed by atoms with Gasteiger partial charge in [-0.25, -0.2) is 0 Å². The van der Waals surface area contributed by atoms with Crippen LogP contribution in [0.1, 0.15) is 51.9 Å². The van der Waals surface area contributed by atoms with Crippen LogP contribution in [0, 0.1) is 5.41 Å². The second kappa shape index (κ2) is 9.55. The zero-order chi connectivity index (χ0) is 14.7. The van der Waals surface area contributed by atoms with Crippen molar-refractivity contribution in [3.63, 3.8) is 0 Å². The van der Waals surface area contributed by atoms with E-state index in [4.69, 9.17) is 15.9 Å². The van der Waals surface area contributed by atoms with Gasteiger partial charge >= 0.3 is 5.97 Å². The molecule has 0 aliphatic heterocycles. The topological polar surface area (TPSA) is 101 Å². The second-order valence-corrected chi connectivity index (χ2v) is 4.82. The van der Waals surface area contributed by atoms with E-state index in [0.717, 1.165) is 25.7 Å². The number of carbonyl (C=O) groups excluding carboxylic acids is 1. The lowest BCUT2D eigenvalue weighted by atomic mass is 9.80. The van der Waals surface area contributed by atoms with E-state index in [1.165, 1.54) is 6.42 Å². The Balaban J connectivity index is 4.59. The van der Waals surface area contributed by atoms with E-state index in [2.05, 4.69) is 6.92 Å². The number of unbranched alkanes of at least 4 members (excludes halogenated alkanes) is 4. The molecule has 0 saturated heterocycles. The van der Waals surface area contributed by atoms with Crippen LogP contribution < -0.4 is 5.73 Å². The molecule has 1 amide bonds. The highest BCUT2D eigenvalue weighted by atomic mass is 16.4. The number of aliphatic hydroxyl groups excluding tert-OH is 1. The van der Waals surface area contributed by atoms with Crippen molar-refractivity contribution in [3.8, 4) is 0 Å². The summed E-state index contributed by atoms with van der Waals surface area (Å²) in [6.45, 7) is 1.86. The van der Waals surface area contributed by atoms with E-state index < -0.39 is 17.3 Å². The number of hydrogen-bond acceptors (Lipinski definition) is 3. The quantitative estimate of drug-likeness (QED) is 0.394. The molecule has 0 aliphatic carbocycles. The minimum atomic E-state index is -1.27. The number of nitrogens with two attached hydrogens (primary N) is 1. The van der Waals surface area contributed by atoms with Gasteiger partial charge in [0.25, 0.3) is 0 Å². The summed E-state index contributed by atoms with van der Waals surface area (Å²) in [5.74, 6) is -1.79. The maximum Gasteiger partial charge on any atom is 0.304 e. The number of carbonyl (C=O) groups is 2. The summed E-state index contributed by atoms with van der Waals surface area (Å²) in [5, 5.41) is 17.9. The molecule has 0 spiro atoms. The Labute approximate surface area is 114 Å². The second-order valence-electron chi connectivity index (χ2n) is 4.82. The van der Waals surface area contributed by atoms with Gasteiger partial charge in [-0.1, -0.05) is 38.3 Å². The van der Waals surface area contributed by atoms with E-state index >= 15 is 0 Å². The number of carboxylic acids is 1. The van der Waals surface area contributed by atoms with Gasteiger partial charge in [0.15, 0.2) is 0 Å². The largest absolute Gasteiger partial charge is 0.481 e. The standard InChI is InChI=1S/C14H25NO4/c1-2-3-4-5-6-7-8-14(9-10-16,13(15)19)11-12(17)18/h7-8,16H,2-6,9-11H2,1H3,(H2,15,19)(H,17,18). The zero-order valence-electron chi connectivity index (χ0n) is 11.6. The van der Waals surface area contributed by atoms with Crippen molar-refractivity contribution in [2.75, 3.05) is 6.61 Å². The number of amides is 1. The third-order valence-corrected chi connectivity index (χ3v) is 3.18. The zero-order valence-corrected chi connectivity index (χ0v) is 11.6. The molecule has 1 unspecified atom stereocenters. The summed E-state index contributed by atoms with van der Waals surface area (Å²) < 4.78 is 0. The molecule has 0 aromatic heterocycles. The van der Waals surface area contributed by atoms with Gasteiger partial charge in [0.1, 0.15) is 0 Å². The van der Waals surface area contributed by atoms with E-state index in [0.29, 0.717) is 0 Å². The summed E-state index contributed by atoms with van der Waals surface area (Å²) in [5.41, 5.74) is 4.03. The first kappa shape index (κ1) is 17.6. The number of rotatable bonds is 11. The summed E-state index contributed by atoms with van der Waals surface area (Å²) in [6.07, 6.45) is 8.26. The van der Waals surface area contributed by atoms with E-state index in [1.807, 2.05) is 0 Å². The number of allylic oxidation sites excluding steroid dienone is 1. The van der Waals surface area contributed by atoms with Gasteiger partial charge in [-0.05, 0) is 19.3 Å². The summed E-state index contributed by atoms with van der Waals surface area (Å²) in [4.78, 5) is 22.4. The molecule has 5 nitrogen and oxygen atoms in total. The number of aliphatic hydroxyl groups is 1. The Morgan fingerprint density at radius 3 is 2.42 bits per heavy atom. The van der Waals surface area contributed by atoms with Crippen LogP contribution in [0.3, 0.4) is 0 Å². The number of aliphatic carboxylic acids is 1. The molecule has 0 aromatic carbocycles. The van der Waals surface area contributed by atoms with E-state index in [1.54, 1.807) is 12.2 Å². The minimum Gasteiger partial charge on any atom is -0.481 e. The molecule has 4 N–H and O–H groups in total. The van der Waals surface area contributed by atoms with E-state index in [9.17, 15) is 9.59 Å². The van der Waals surface area contributed by atoms with Crippen LogP contribution in [0.25, 0.3) is 0 Å². The van der Waals surface area contributed by atoms with Crippen LogP contribution in [0.2, 0.25) is 0 Å². The average molecular weight is 271 g/mol. The van der Waals surface area contributed by atoms with Crippen LogP contribution >= 0.6 is 0 Å². The molecular weight excluding hydrogens is 246 g/mol. The molecule has 0 heterocycles. The van der Waals surface area contributed by atoms with Crippen LogP contribution in [0.5, 0.6) is 0 Å². The fourth-order valence-electron chi connectivity index (χ4n) is 1.99. The molecule has 0 radical (unpaired) electrons. The average Bonchev–Trinajstić information content (AvgIpc) is 2.32. The van der Waals surface area contributed by atoms with Crippen molar-refractivity contribution in [1.29, 1.82) is 0 Å². The molecule has 19 heavy (non-hydrogen) atoms. The molecule has 0 rings (SSSR count). The Kier molecular flexibility index (Phi) is 8.87. The number of carboxylic acid groups (broad SMARTS) is 1. The Hall–Kier alpha value is -1.36.